The van der Waals surface area contributed by atoms with Gasteiger partial charge in [-0.15, -0.1) is 0 Å². The molecule has 816 valence electrons. The van der Waals surface area contributed by atoms with E-state index in [-0.39, 0.29) is 186 Å². The minimum absolute atomic E-state index is 0. The number of phosphoric acid groups is 2. The van der Waals surface area contributed by atoms with Crippen LogP contribution >= 0.6 is 54.1 Å². The molecule has 0 aromatic carbocycles. The third-order valence-corrected chi connectivity index (χ3v) is 22.0. The smallest absolute Gasteiger partial charge is 0.756 e. The summed E-state index contributed by atoms with van der Waals surface area (Å²) in [7, 11) is -10.2. The number of carbonyl (C=O) groups excluding carboxylic acids is 10. The first-order valence-corrected chi connectivity index (χ1v) is 45.3. The molecule has 8 rings (SSSR count). The fraction of sp³-hybridized carbons (Fsp3) is 0.771. The zero-order valence-corrected chi connectivity index (χ0v) is 94.5. The molecule has 0 spiro atoms. The Morgan fingerprint density at radius 1 is 0.600 bits per heavy atom. The first kappa shape index (κ1) is 156. The van der Waals surface area contributed by atoms with Gasteiger partial charge < -0.3 is 248 Å². The Hall–Kier alpha value is -2.09. The fourth-order valence-corrected chi connectivity index (χ4v) is 14.1. The quantitative estimate of drug-likeness (QED) is 0.0130. The molecule has 8 heterocycles. The number of nitrogens with zero attached hydrogens (tertiary/aromatic N) is 3. The second kappa shape index (κ2) is 76.5. The van der Waals surface area contributed by atoms with Gasteiger partial charge >= 0.3 is 160 Å². The summed E-state index contributed by atoms with van der Waals surface area (Å²) in [6.07, 6.45) is -42.9. The van der Waals surface area contributed by atoms with E-state index in [2.05, 4.69) is 102 Å². The van der Waals surface area contributed by atoms with Crippen molar-refractivity contribution in [2.45, 2.75) is 270 Å². The number of carboxylic acids is 3. The summed E-state index contributed by atoms with van der Waals surface area (Å²) in [6, 6.07) is -5.45. The van der Waals surface area contributed by atoms with Gasteiger partial charge in [0.05, 0.1) is 108 Å². The van der Waals surface area contributed by atoms with Crippen LogP contribution in [0.1, 0.15) is 81.4 Å². The summed E-state index contributed by atoms with van der Waals surface area (Å²) in [5.74, 6) is -19.6. The summed E-state index contributed by atoms with van der Waals surface area (Å²) in [5.41, 5.74) is 20.4. The predicted molar refractivity (Wildman–Crippen MR) is 464 cm³/mol. The Morgan fingerprint density at radius 2 is 0.966 bits per heavy atom. The number of phosphoric ester groups is 2. The van der Waals surface area contributed by atoms with Crippen LogP contribution < -0.4 is 248 Å². The molecule has 38 N–H and O–H groups in total. The molecule has 65 nitrogen and oxygen atoms in total. The number of ether oxygens (including phenoxy) is 6. The normalized spacial score (nSPS) is 31.2. The zero-order chi connectivity index (χ0) is 108. The van der Waals surface area contributed by atoms with E-state index in [1.165, 1.54) is 33.0 Å². The summed E-state index contributed by atoms with van der Waals surface area (Å²) in [5, 5.41) is 254. The third kappa shape index (κ3) is 49.1. The molecule has 7 aliphatic rings. The molecule has 145 heavy (non-hydrogen) atoms. The van der Waals surface area contributed by atoms with Gasteiger partial charge in [0, 0.05) is 52.1 Å². The summed E-state index contributed by atoms with van der Waals surface area (Å²) >= 11 is 10.5. The van der Waals surface area contributed by atoms with Gasteiger partial charge in [0.25, 0.3) is 15.6 Å². The maximum atomic E-state index is 12.7. The maximum absolute atomic E-state index is 12.7. The van der Waals surface area contributed by atoms with E-state index in [9.17, 15) is 179 Å². The minimum atomic E-state index is -5.86. The Labute approximate surface area is 955 Å². The number of amides is 8. The van der Waals surface area contributed by atoms with Gasteiger partial charge in [-0.25, -0.2) is 9.59 Å². The molecular weight excluding hydrogens is 2120 g/mol. The molecule has 34 atom stereocenters. The molecule has 0 aliphatic carbocycles. The van der Waals surface area contributed by atoms with Crippen LogP contribution in [0.3, 0.4) is 0 Å². The molecule has 75 heteroatoms. The van der Waals surface area contributed by atoms with E-state index in [0.717, 1.165) is 28.4 Å². The van der Waals surface area contributed by atoms with E-state index in [0.29, 0.717) is 0 Å². The van der Waals surface area contributed by atoms with Crippen LogP contribution in [0.15, 0.2) is 29.3 Å². The van der Waals surface area contributed by atoms with E-state index in [1.807, 2.05) is 39.9 Å². The number of nitrogen functional groups attached to an aromatic ring is 1. The standard InChI is InChI=1S/C21H34N5O17P.C20H32N5O16P.C12H22N2O9.C6H13NO5.2C2H5NOS.C2H7NS.2C2H6.CH4.5Na/c22-11-1-2-26(20(37)24-11)18-16(34)15(33)10(41-18)6-40-44(38,39)43-21(19(35)36)3-8(29)13(25-12(31)4-23-7-28)17(42-21)14(32)9(30)5-27;21-4-11(29)24-12-7(27)3-20(18(33)34,40-16(12)13(30)8(28)5-26)41-42(36,37)38-6-9-14(31)15(32)17(39-9)25-2-1-10(22)23-19(25)35;1-13-3-7(18)14-8-5(16)2-12(22,11(20)21)23-10(8)9(19)6(17)4-15;7-3-5(10)4(9)2(1-8)12-6(3)11;2*1-2(4)3-5;1-2-3-4;2*1-2;;;;;;/h1-2,7-11,13-18,27,29-30,32-34H,3-6,22H2,(H,23,28)(H,24,37)(H,25,31)(H,35,36)(H,38,39);1-2,7-9,12-17,26-28,30-32H,3-6,21H2,(H,24,29)(H,33,34)(H,36,37)(H2,22,23,35);5-6,8-10,13,15-17,19,22H,2-4H2,1H3,(H,14,18)(H,20,21);2-6,8-11H,1,7H2;2*5H,1H3,(H,3,4);3-4H,2H2,1H3;2*1-2H3;1H4;;;;;/q;;;;;;;;;;5*+1/p-5/t8?,9-,10?,11?,13?,14-,15?,16?,17?,18?,21?;7?,8-,9?,12?,13-,14?,15?,16?,17?,20?;5?,6-,8?,9-,10?,12?;;;;;;;;;;;;/m111............/s1. The van der Waals surface area contributed by atoms with Crippen LogP contribution in [0, 0.1) is 0 Å². The van der Waals surface area contributed by atoms with Crippen molar-refractivity contribution in [2.24, 2.45) is 17.2 Å². The number of carboxylic acid groups (broad SMARTS) is 3. The van der Waals surface area contributed by atoms with Crippen molar-refractivity contribution in [1.82, 2.24) is 60.5 Å². The van der Waals surface area contributed by atoms with Crippen LogP contribution in [-0.4, -0.2) is 443 Å². The van der Waals surface area contributed by atoms with Crippen LogP contribution in [0.5, 0.6) is 0 Å². The van der Waals surface area contributed by atoms with Crippen LogP contribution in [-0.2, 0) is 98.8 Å². The number of nitrogens with two attached hydrogens (primary N) is 4. The van der Waals surface area contributed by atoms with Crippen molar-refractivity contribution in [1.29, 1.82) is 0 Å². The third-order valence-electron chi connectivity index (χ3n) is 19.1. The fourth-order valence-electron chi connectivity index (χ4n) is 12.3. The molecule has 0 bridgehead atoms. The van der Waals surface area contributed by atoms with Crippen molar-refractivity contribution < 1.29 is 384 Å². The number of hydrogen-bond acceptors (Lipinski definition) is 59. The van der Waals surface area contributed by atoms with Crippen molar-refractivity contribution >= 4 is 120 Å². The molecule has 7 aliphatic heterocycles. The van der Waals surface area contributed by atoms with Crippen LogP contribution in [0.4, 0.5) is 10.6 Å². The number of urea groups is 1. The van der Waals surface area contributed by atoms with Crippen molar-refractivity contribution in [3.05, 3.63) is 35.0 Å². The van der Waals surface area contributed by atoms with E-state index in [4.69, 9.17) is 66.7 Å². The van der Waals surface area contributed by atoms with E-state index < -0.39 is 330 Å². The summed E-state index contributed by atoms with van der Waals surface area (Å²) in [6.45, 7) is 6.47. The SMILES string of the molecule is C.CC.CC.CC(=O)NS.CC(=O)NS.CCNS.CNCC(=O)NC1C(O)CC(O)(C(=O)[O-])OC1[C@H](O)[C@H](O)CO.NC1C(O)OC(CO)C(O)C1O.NC1C=CN(C2OC(COP(=O)([O-])OC3(C(=O)[O-])CC(O)C(NC(=O)CNC=O)C([C@H](O)[C@H](O)CO)O3)C(O)C2O)C(=O)N1.NCC(=O)NC1C(O)CC(OP(=O)([O-])OCC2OC(n3ccc(N)nc3=O)C(O)C2O)(C(=O)[O-])OC1[C@H](O)[C@H](O)CO.[Na+].[Na+].[Na+].[Na+].[Na+]. The molecule has 0 saturated carbocycles. The summed E-state index contributed by atoms with van der Waals surface area (Å²) < 4.78 is 82.0. The second-order valence-corrected chi connectivity index (χ2v) is 32.6. The first-order valence-electron chi connectivity index (χ1n) is 41.0. The van der Waals surface area contributed by atoms with Crippen molar-refractivity contribution in [3.63, 3.8) is 0 Å². The molecule has 1 aromatic rings. The van der Waals surface area contributed by atoms with Crippen LogP contribution in [0.2, 0.25) is 0 Å². The largest absolute Gasteiger partial charge is 1.00 e. The number of aromatic nitrogens is 2. The van der Waals surface area contributed by atoms with Gasteiger partial charge in [0.15, 0.2) is 18.7 Å². The number of aliphatic hydroxyl groups excluding tert-OH is 20. The molecule has 28 unspecified atom stereocenters. The Morgan fingerprint density at radius 3 is 1.30 bits per heavy atom. The Kier molecular flexibility index (Phi) is 82.2. The number of aliphatic hydroxyl groups is 21. The van der Waals surface area contributed by atoms with Gasteiger partial charge in [-0.2, -0.15) is 4.98 Å². The molecule has 6 saturated heterocycles. The number of anilines is 1. The topological polar surface area (TPSA) is 1090 Å². The van der Waals surface area contributed by atoms with Crippen molar-refractivity contribution in [2.75, 3.05) is 78.6 Å². The zero-order valence-electron chi connectivity index (χ0n) is 80.0. The van der Waals surface area contributed by atoms with E-state index in [1.54, 1.807) is 0 Å². The van der Waals surface area contributed by atoms with E-state index >= 15 is 0 Å². The van der Waals surface area contributed by atoms with Gasteiger partial charge in [0.1, 0.15) is 134 Å². The minimum Gasteiger partial charge on any atom is -0.756 e. The Balaban J connectivity index is -0.000000346. The number of hydrogen-bond donors (Lipinski definition) is 37. The Bertz CT molecular complexity index is 4150. The van der Waals surface area contributed by atoms with Gasteiger partial charge in [-0.05, 0) is 19.2 Å². The molecule has 0 radical (unpaired) electrons. The van der Waals surface area contributed by atoms with Gasteiger partial charge in [-0.3, -0.25) is 61.1 Å². The molecular formula is C70H129N16Na5O49P2S3. The van der Waals surface area contributed by atoms with Crippen LogP contribution in [0.25, 0.3) is 0 Å². The number of nitrogens with one attached hydrogen (secondary N) is 9. The maximum Gasteiger partial charge on any atom is 1.00 e. The number of thiol groups is 3. The molecule has 6 fully saturated rings. The average Bonchev–Trinajstić information content (AvgIpc) is 1.53. The van der Waals surface area contributed by atoms with Crippen molar-refractivity contribution in [3.8, 4) is 0 Å². The molecule has 8 amide bonds. The predicted octanol–water partition coefficient (Wildman–Crippen LogP) is -38.2. The summed E-state index contributed by atoms with van der Waals surface area (Å²) in [4.78, 5) is 154. The first-order chi connectivity index (χ1) is 64.8. The number of likely N-dealkylation sites (N-methyl/N-ethyl adjacent to an activating group) is 1. The average molecular weight is 2250 g/mol. The second-order valence-electron chi connectivity index (χ2n) is 29.1. The number of carbonyl (C=O) groups is 10. The number of rotatable bonds is 35. The molecule has 1 aromatic heterocycles. The van der Waals surface area contributed by atoms with Gasteiger partial charge in [-0.1, -0.05) is 80.5 Å². The van der Waals surface area contributed by atoms with Gasteiger partial charge in [0.2, 0.25) is 53.3 Å². The number of aliphatic carboxylic acids is 3. The monoisotopic (exact) mass is 2250 g/mol.